The predicted octanol–water partition coefficient (Wildman–Crippen LogP) is 4.80. The van der Waals surface area contributed by atoms with Gasteiger partial charge in [-0.15, -0.1) is 11.3 Å². The van der Waals surface area contributed by atoms with Crippen molar-refractivity contribution in [2.75, 3.05) is 6.54 Å². The fourth-order valence-corrected chi connectivity index (χ4v) is 5.41. The summed E-state index contributed by atoms with van der Waals surface area (Å²) in [6, 6.07) is 16.2. The molecule has 3 rings (SSSR count). The lowest BCUT2D eigenvalue weighted by Crippen LogP contribution is -2.59. The number of hydrogen-bond acceptors (Lipinski definition) is 8. The summed E-state index contributed by atoms with van der Waals surface area (Å²) in [7, 11) is 0. The van der Waals surface area contributed by atoms with E-state index in [9.17, 15) is 24.3 Å². The van der Waals surface area contributed by atoms with Gasteiger partial charge in [-0.05, 0) is 35.8 Å². The van der Waals surface area contributed by atoms with Crippen molar-refractivity contribution in [1.29, 1.82) is 0 Å². The Morgan fingerprint density at radius 3 is 2.17 bits per heavy atom. The van der Waals surface area contributed by atoms with Crippen molar-refractivity contribution in [1.82, 2.24) is 26.1 Å². The molecule has 4 amide bonds. The second-order valence-electron chi connectivity index (χ2n) is 12.5. The summed E-state index contributed by atoms with van der Waals surface area (Å²) in [4.78, 5) is 58.3. The fraction of sp³-hybridized carbons (Fsp3) is 0.472. The third kappa shape index (κ3) is 13.8. The highest BCUT2D eigenvalue weighted by Crippen LogP contribution is 2.13. The largest absolute Gasteiger partial charge is 0.445 e. The van der Waals surface area contributed by atoms with Crippen LogP contribution in [-0.2, 0) is 38.6 Å². The average molecular weight is 680 g/mol. The molecule has 4 atom stereocenters. The van der Waals surface area contributed by atoms with Crippen LogP contribution in [0, 0.1) is 11.8 Å². The first-order chi connectivity index (χ1) is 23.0. The minimum Gasteiger partial charge on any atom is -0.445 e. The number of hydrazine groups is 1. The first-order valence-electron chi connectivity index (χ1n) is 16.5. The Bertz CT molecular complexity index is 1410. The molecule has 0 fully saturated rings. The molecule has 1 heterocycles. The summed E-state index contributed by atoms with van der Waals surface area (Å²) >= 11 is 1.36. The molecule has 0 aliphatic carbocycles. The van der Waals surface area contributed by atoms with E-state index in [1.54, 1.807) is 10.9 Å². The summed E-state index contributed by atoms with van der Waals surface area (Å²) in [5.74, 6) is -1.21. The number of carbonyl (C=O) groups excluding carboxylic acids is 4. The smallest absolute Gasteiger partial charge is 0.408 e. The minimum atomic E-state index is -1.12. The number of alkyl carbamates (subject to hydrolysis) is 1. The molecule has 48 heavy (non-hydrogen) atoms. The Morgan fingerprint density at radius 2 is 1.56 bits per heavy atom. The molecule has 12 heteroatoms. The highest BCUT2D eigenvalue weighted by Gasteiger charge is 2.32. The van der Waals surface area contributed by atoms with Crippen LogP contribution in [-0.4, -0.2) is 63.6 Å². The third-order valence-electron chi connectivity index (χ3n) is 7.83. The zero-order chi connectivity index (χ0) is 34.9. The van der Waals surface area contributed by atoms with Crippen LogP contribution in [0.2, 0.25) is 0 Å². The Hall–Kier alpha value is -4.29. The van der Waals surface area contributed by atoms with E-state index in [0.29, 0.717) is 18.0 Å². The molecule has 0 saturated carbocycles. The molecule has 0 aliphatic heterocycles. The quantitative estimate of drug-likeness (QED) is 0.141. The molecule has 0 bridgehead atoms. The van der Waals surface area contributed by atoms with Gasteiger partial charge >= 0.3 is 6.09 Å². The normalized spacial score (nSPS) is 13.5. The number of carbonyl (C=O) groups is 4. The highest BCUT2D eigenvalue weighted by molar-refractivity contribution is 7.07. The lowest BCUT2D eigenvalue weighted by Gasteiger charge is -2.31. The maximum atomic E-state index is 14.2. The van der Waals surface area contributed by atoms with Gasteiger partial charge in [0.2, 0.25) is 11.8 Å². The number of aliphatic hydroxyl groups is 1. The van der Waals surface area contributed by atoms with E-state index in [4.69, 9.17) is 4.74 Å². The summed E-state index contributed by atoms with van der Waals surface area (Å²) in [6.07, 6.45) is 0.410. The Morgan fingerprint density at radius 1 is 0.896 bits per heavy atom. The number of hydrogen-bond donors (Lipinski definition) is 4. The van der Waals surface area contributed by atoms with Gasteiger partial charge in [-0.3, -0.25) is 24.8 Å². The van der Waals surface area contributed by atoms with Crippen molar-refractivity contribution >= 4 is 35.2 Å². The second kappa shape index (κ2) is 20.2. The fourth-order valence-electron chi connectivity index (χ4n) is 4.84. The van der Waals surface area contributed by atoms with Crippen LogP contribution >= 0.6 is 11.3 Å². The molecule has 0 saturated heterocycles. The molecular weight excluding hydrogens is 630 g/mol. The molecule has 11 nitrogen and oxygen atoms in total. The number of nitrogens with one attached hydrogen (secondary N) is 3. The Labute approximate surface area is 287 Å². The van der Waals surface area contributed by atoms with E-state index in [1.807, 2.05) is 88.4 Å². The summed E-state index contributed by atoms with van der Waals surface area (Å²) in [5.41, 5.74) is 6.51. The van der Waals surface area contributed by atoms with Gasteiger partial charge in [0.05, 0.1) is 23.7 Å². The molecule has 3 aromatic rings. The van der Waals surface area contributed by atoms with Gasteiger partial charge in [-0.2, -0.15) is 0 Å². The van der Waals surface area contributed by atoms with E-state index in [2.05, 4.69) is 21.0 Å². The number of rotatable bonds is 18. The number of nitrogens with zero attached hydrogens (tertiary/aromatic N) is 2. The first kappa shape index (κ1) is 38.2. The standard InChI is InChI=1S/C36H49N5O6S/c1-5-26(4)21-41(40-33(43)20-30(42)17-16-25(2)3)35(45)32(19-29-23-48-24-37-29)38-34(44)31(18-27-12-8-6-9-13-27)39-36(46)47-22-28-14-10-7-11-15-28/h6-15,23-26,30-32,42H,5,16-22H2,1-4H3,(H,38,44)(H,39,46)(H,40,43)/t26?,30-,31-,32?/m0/s1. The Balaban J connectivity index is 1.81. The highest BCUT2D eigenvalue weighted by atomic mass is 32.1. The van der Waals surface area contributed by atoms with Crippen LogP contribution in [0.1, 0.15) is 70.2 Å². The number of aliphatic hydroxyl groups excluding tert-OH is 1. The molecule has 0 radical (unpaired) electrons. The molecule has 1 aromatic heterocycles. The monoisotopic (exact) mass is 679 g/mol. The SMILES string of the molecule is CCC(C)CN(NC(=O)C[C@@H](O)CCC(C)C)C(=O)C(Cc1cscn1)NC(=O)[C@H](Cc1ccccc1)NC(=O)OCc1ccccc1. The molecular formula is C36H49N5O6S. The van der Waals surface area contributed by atoms with Gasteiger partial charge < -0.3 is 20.5 Å². The Kier molecular flexibility index (Phi) is 16.0. The van der Waals surface area contributed by atoms with Crippen LogP contribution in [0.5, 0.6) is 0 Å². The van der Waals surface area contributed by atoms with Gasteiger partial charge in [0, 0.05) is 24.8 Å². The van der Waals surface area contributed by atoms with E-state index in [0.717, 1.165) is 24.0 Å². The summed E-state index contributed by atoms with van der Waals surface area (Å²) in [5, 5.41) is 19.0. The van der Waals surface area contributed by atoms with Gasteiger partial charge in [0.25, 0.3) is 5.91 Å². The molecule has 2 unspecified atom stereocenters. The van der Waals surface area contributed by atoms with Gasteiger partial charge in [-0.1, -0.05) is 94.8 Å². The minimum absolute atomic E-state index is 0.0216. The maximum Gasteiger partial charge on any atom is 0.408 e. The molecule has 2 aromatic carbocycles. The zero-order valence-corrected chi connectivity index (χ0v) is 29.1. The van der Waals surface area contributed by atoms with Gasteiger partial charge in [0.15, 0.2) is 0 Å². The van der Waals surface area contributed by atoms with E-state index in [-0.39, 0.29) is 38.3 Å². The van der Waals surface area contributed by atoms with Crippen molar-refractivity contribution in [3.8, 4) is 0 Å². The van der Waals surface area contributed by atoms with Crippen LogP contribution in [0.25, 0.3) is 0 Å². The average Bonchev–Trinajstić information content (AvgIpc) is 3.59. The maximum absolute atomic E-state index is 14.2. The first-order valence-corrected chi connectivity index (χ1v) is 17.5. The number of aromatic nitrogens is 1. The van der Waals surface area contributed by atoms with E-state index in [1.165, 1.54) is 16.3 Å². The van der Waals surface area contributed by atoms with Crippen molar-refractivity contribution in [2.45, 2.75) is 91.0 Å². The van der Waals surface area contributed by atoms with Crippen LogP contribution < -0.4 is 16.1 Å². The topological polar surface area (TPSA) is 150 Å². The third-order valence-corrected chi connectivity index (χ3v) is 8.47. The summed E-state index contributed by atoms with van der Waals surface area (Å²) in [6.45, 7) is 8.25. The zero-order valence-electron chi connectivity index (χ0n) is 28.3. The van der Waals surface area contributed by atoms with Crippen LogP contribution in [0.15, 0.2) is 71.6 Å². The molecule has 0 spiro atoms. The number of thiazole rings is 1. The predicted molar refractivity (Wildman–Crippen MR) is 185 cm³/mol. The van der Waals surface area contributed by atoms with E-state index < -0.39 is 42.0 Å². The lowest BCUT2D eigenvalue weighted by atomic mass is 10.0. The lowest BCUT2D eigenvalue weighted by molar-refractivity contribution is -0.145. The number of amides is 4. The number of benzene rings is 2. The molecule has 0 aliphatic rings. The number of ether oxygens (including phenoxy) is 1. The van der Waals surface area contributed by atoms with E-state index >= 15 is 0 Å². The molecule has 4 N–H and O–H groups in total. The van der Waals surface area contributed by atoms with Crippen molar-refractivity contribution in [3.05, 3.63) is 88.4 Å². The van der Waals surface area contributed by atoms with Gasteiger partial charge in [-0.25, -0.2) is 9.78 Å². The second-order valence-corrected chi connectivity index (χ2v) is 13.2. The summed E-state index contributed by atoms with van der Waals surface area (Å²) < 4.78 is 5.40. The van der Waals surface area contributed by atoms with Crippen LogP contribution in [0.3, 0.4) is 0 Å². The van der Waals surface area contributed by atoms with Crippen molar-refractivity contribution in [2.24, 2.45) is 11.8 Å². The van der Waals surface area contributed by atoms with Gasteiger partial charge in [0.1, 0.15) is 18.7 Å². The van der Waals surface area contributed by atoms with Crippen LogP contribution in [0.4, 0.5) is 4.79 Å². The van der Waals surface area contributed by atoms with Crippen molar-refractivity contribution in [3.63, 3.8) is 0 Å². The molecule has 260 valence electrons. The van der Waals surface area contributed by atoms with Crippen molar-refractivity contribution < 1.29 is 29.0 Å².